The van der Waals surface area contributed by atoms with Gasteiger partial charge in [-0.15, -0.1) is 0 Å². The zero-order valence-electron chi connectivity index (χ0n) is 9.79. The summed E-state index contributed by atoms with van der Waals surface area (Å²) in [5.41, 5.74) is 0.175. The van der Waals surface area contributed by atoms with Gasteiger partial charge in [0.25, 0.3) is 5.91 Å². The van der Waals surface area contributed by atoms with Gasteiger partial charge in [0.1, 0.15) is 0 Å². The maximum absolute atomic E-state index is 13.1. The highest BCUT2D eigenvalue weighted by Crippen LogP contribution is 2.14. The van der Waals surface area contributed by atoms with Gasteiger partial charge >= 0.3 is 0 Å². The van der Waals surface area contributed by atoms with Crippen molar-refractivity contribution in [1.82, 2.24) is 10.3 Å². The molecule has 4 nitrogen and oxygen atoms in total. The van der Waals surface area contributed by atoms with Gasteiger partial charge in [0, 0.05) is 19.3 Å². The first kappa shape index (κ1) is 13.2. The lowest BCUT2D eigenvalue weighted by Gasteiger charge is -2.22. The van der Waals surface area contributed by atoms with Crippen LogP contribution in [0, 0.1) is 11.7 Å². The number of aromatic nitrogens is 1. The first-order valence-corrected chi connectivity index (χ1v) is 6.21. The maximum atomic E-state index is 13.1. The summed E-state index contributed by atoms with van der Waals surface area (Å²) in [5.74, 6) is -0.707. The minimum Gasteiger partial charge on any atom is -0.381 e. The number of carbonyl (C=O) groups excluding carboxylic acids is 1. The van der Waals surface area contributed by atoms with Crippen LogP contribution in [-0.2, 0) is 4.74 Å². The standard InChI is InChI=1S/C12H14ClFN2O2/c13-11-10(14)4-9(6-15-11)12(17)16-5-8-2-1-3-18-7-8/h4,6,8H,1-3,5,7H2,(H,16,17)/t8-/m1/s1. The molecule has 1 aliphatic heterocycles. The van der Waals surface area contributed by atoms with Crippen LogP contribution in [0.4, 0.5) is 4.39 Å². The van der Waals surface area contributed by atoms with Gasteiger partial charge in [-0.3, -0.25) is 4.79 Å². The lowest BCUT2D eigenvalue weighted by atomic mass is 10.0. The predicted molar refractivity (Wildman–Crippen MR) is 65.1 cm³/mol. The number of hydrogen-bond donors (Lipinski definition) is 1. The molecule has 0 unspecified atom stereocenters. The summed E-state index contributed by atoms with van der Waals surface area (Å²) >= 11 is 5.45. The third-order valence-electron chi connectivity index (χ3n) is 2.86. The van der Waals surface area contributed by atoms with Crippen molar-refractivity contribution in [1.29, 1.82) is 0 Å². The SMILES string of the molecule is O=C(NC[C@H]1CCCOC1)c1cnc(Cl)c(F)c1. The van der Waals surface area contributed by atoms with Crippen molar-refractivity contribution in [3.8, 4) is 0 Å². The quantitative estimate of drug-likeness (QED) is 0.857. The molecule has 2 rings (SSSR count). The van der Waals surface area contributed by atoms with Crippen LogP contribution in [0.5, 0.6) is 0 Å². The Kier molecular flexibility index (Phi) is 4.49. The van der Waals surface area contributed by atoms with Gasteiger partial charge < -0.3 is 10.1 Å². The number of nitrogens with one attached hydrogen (secondary N) is 1. The summed E-state index contributed by atoms with van der Waals surface area (Å²) in [6.45, 7) is 1.98. The summed E-state index contributed by atoms with van der Waals surface area (Å²) < 4.78 is 18.5. The second kappa shape index (κ2) is 6.11. The van der Waals surface area contributed by atoms with Crippen molar-refractivity contribution in [2.45, 2.75) is 12.8 Å². The van der Waals surface area contributed by atoms with Gasteiger partial charge in [0.05, 0.1) is 12.2 Å². The molecule has 1 saturated heterocycles. The van der Waals surface area contributed by atoms with E-state index in [9.17, 15) is 9.18 Å². The van der Waals surface area contributed by atoms with Crippen LogP contribution in [0.15, 0.2) is 12.3 Å². The lowest BCUT2D eigenvalue weighted by Crippen LogP contribution is -2.33. The Morgan fingerprint density at radius 2 is 2.50 bits per heavy atom. The molecule has 0 aromatic carbocycles. The number of halogens is 2. The summed E-state index contributed by atoms with van der Waals surface area (Å²) in [5, 5.41) is 2.52. The fourth-order valence-corrected chi connectivity index (χ4v) is 1.96. The Labute approximate surface area is 109 Å². The molecule has 2 heterocycles. The molecule has 98 valence electrons. The molecular weight excluding hydrogens is 259 g/mol. The third-order valence-corrected chi connectivity index (χ3v) is 3.14. The van der Waals surface area contributed by atoms with Gasteiger partial charge in [-0.05, 0) is 24.8 Å². The Hall–Kier alpha value is -1.20. The number of ether oxygens (including phenoxy) is 1. The molecular formula is C12H14ClFN2O2. The average Bonchev–Trinajstić information content (AvgIpc) is 2.40. The number of hydrogen-bond acceptors (Lipinski definition) is 3. The van der Waals surface area contributed by atoms with Gasteiger partial charge in [0.15, 0.2) is 11.0 Å². The van der Waals surface area contributed by atoms with Gasteiger partial charge in [-0.2, -0.15) is 0 Å². The number of carbonyl (C=O) groups is 1. The molecule has 0 bridgehead atoms. The molecule has 1 fully saturated rings. The van der Waals surface area contributed by atoms with E-state index < -0.39 is 5.82 Å². The highest BCUT2D eigenvalue weighted by molar-refractivity contribution is 6.29. The van der Waals surface area contributed by atoms with Crippen LogP contribution in [0.25, 0.3) is 0 Å². The predicted octanol–water partition coefficient (Wildman–Crippen LogP) is 2.03. The maximum Gasteiger partial charge on any atom is 0.252 e. The number of nitrogens with zero attached hydrogens (tertiary/aromatic N) is 1. The minimum absolute atomic E-state index is 0.175. The molecule has 0 spiro atoms. The molecule has 18 heavy (non-hydrogen) atoms. The molecule has 1 aliphatic rings. The molecule has 1 amide bonds. The van der Waals surface area contributed by atoms with E-state index in [1.54, 1.807) is 0 Å². The van der Waals surface area contributed by atoms with E-state index in [4.69, 9.17) is 16.3 Å². The highest BCUT2D eigenvalue weighted by Gasteiger charge is 2.16. The molecule has 1 N–H and O–H groups in total. The van der Waals surface area contributed by atoms with Crippen molar-refractivity contribution >= 4 is 17.5 Å². The Morgan fingerprint density at radius 1 is 1.67 bits per heavy atom. The molecule has 1 aromatic heterocycles. The zero-order valence-corrected chi connectivity index (χ0v) is 10.5. The summed E-state index contributed by atoms with van der Waals surface area (Å²) in [4.78, 5) is 15.3. The van der Waals surface area contributed by atoms with Crippen molar-refractivity contribution in [3.05, 3.63) is 28.8 Å². The van der Waals surface area contributed by atoms with E-state index in [0.29, 0.717) is 19.1 Å². The second-order valence-corrected chi connectivity index (χ2v) is 4.65. The third kappa shape index (κ3) is 3.40. The normalized spacial score (nSPS) is 19.6. The first-order chi connectivity index (χ1) is 8.66. The van der Waals surface area contributed by atoms with Crippen molar-refractivity contribution in [2.75, 3.05) is 19.8 Å². The highest BCUT2D eigenvalue weighted by atomic mass is 35.5. The van der Waals surface area contributed by atoms with Crippen LogP contribution in [0.2, 0.25) is 5.15 Å². The van der Waals surface area contributed by atoms with Crippen molar-refractivity contribution < 1.29 is 13.9 Å². The Bertz CT molecular complexity index is 436. The van der Waals surface area contributed by atoms with E-state index in [-0.39, 0.29) is 16.6 Å². The minimum atomic E-state index is -0.690. The largest absolute Gasteiger partial charge is 0.381 e. The summed E-state index contributed by atoms with van der Waals surface area (Å²) in [6.07, 6.45) is 3.31. The Morgan fingerprint density at radius 3 is 3.17 bits per heavy atom. The van der Waals surface area contributed by atoms with Crippen LogP contribution < -0.4 is 5.32 Å². The number of pyridine rings is 1. The van der Waals surface area contributed by atoms with Crippen LogP contribution in [-0.4, -0.2) is 30.6 Å². The first-order valence-electron chi connectivity index (χ1n) is 5.84. The van der Waals surface area contributed by atoms with Gasteiger partial charge in [-0.25, -0.2) is 9.37 Å². The van der Waals surface area contributed by atoms with Crippen LogP contribution in [0.3, 0.4) is 0 Å². The smallest absolute Gasteiger partial charge is 0.252 e. The van der Waals surface area contributed by atoms with Crippen LogP contribution in [0.1, 0.15) is 23.2 Å². The number of amides is 1. The van der Waals surface area contributed by atoms with E-state index in [1.165, 1.54) is 6.20 Å². The fourth-order valence-electron chi connectivity index (χ4n) is 1.85. The molecule has 6 heteroatoms. The molecule has 0 radical (unpaired) electrons. The fraction of sp³-hybridized carbons (Fsp3) is 0.500. The second-order valence-electron chi connectivity index (χ2n) is 4.29. The van der Waals surface area contributed by atoms with E-state index in [0.717, 1.165) is 25.5 Å². The van der Waals surface area contributed by atoms with Gasteiger partial charge in [-0.1, -0.05) is 11.6 Å². The van der Waals surface area contributed by atoms with E-state index >= 15 is 0 Å². The van der Waals surface area contributed by atoms with Gasteiger partial charge in [0.2, 0.25) is 0 Å². The molecule has 0 saturated carbocycles. The molecule has 0 aliphatic carbocycles. The van der Waals surface area contributed by atoms with E-state index in [2.05, 4.69) is 10.3 Å². The van der Waals surface area contributed by atoms with Crippen LogP contribution >= 0.6 is 11.6 Å². The van der Waals surface area contributed by atoms with E-state index in [1.807, 2.05) is 0 Å². The average molecular weight is 273 g/mol. The van der Waals surface area contributed by atoms with Crippen molar-refractivity contribution in [3.63, 3.8) is 0 Å². The monoisotopic (exact) mass is 272 g/mol. The topological polar surface area (TPSA) is 51.2 Å². The lowest BCUT2D eigenvalue weighted by molar-refractivity contribution is 0.0536. The Balaban J connectivity index is 1.88. The molecule has 1 atom stereocenters. The summed E-state index contributed by atoms with van der Waals surface area (Å²) in [7, 11) is 0. The zero-order chi connectivity index (χ0) is 13.0. The molecule has 1 aromatic rings. The van der Waals surface area contributed by atoms with Crippen molar-refractivity contribution in [2.24, 2.45) is 5.92 Å². The summed E-state index contributed by atoms with van der Waals surface area (Å²) in [6, 6.07) is 1.09. The number of rotatable bonds is 3.